The maximum atomic E-state index is 5.34. The zero-order chi connectivity index (χ0) is 12.2. The molecule has 6 heteroatoms. The van der Waals surface area contributed by atoms with E-state index in [0.717, 1.165) is 35.4 Å². The second kappa shape index (κ2) is 5.41. The third-order valence-electron chi connectivity index (χ3n) is 2.76. The van der Waals surface area contributed by atoms with Crippen molar-refractivity contribution >= 4 is 17.4 Å². The van der Waals surface area contributed by atoms with Gasteiger partial charge in [0.1, 0.15) is 6.33 Å². The third-order valence-corrected chi connectivity index (χ3v) is 3.66. The summed E-state index contributed by atoms with van der Waals surface area (Å²) in [6, 6.07) is 8.75. The van der Waals surface area contributed by atoms with Crippen LogP contribution in [0.15, 0.2) is 40.6 Å². The van der Waals surface area contributed by atoms with Crippen molar-refractivity contribution in [3.05, 3.63) is 30.6 Å². The standard InChI is InChI=1S/C12H14N4OS/c1-3-11(18-12-13-8-14-16-12)4-2-9(1)15-10-5-6-17-7-10/h1-4,8,10,15H,5-7H2,(H,13,14,16). The molecule has 1 fully saturated rings. The van der Waals surface area contributed by atoms with E-state index in [4.69, 9.17) is 4.74 Å². The first-order valence-corrected chi connectivity index (χ1v) is 6.69. The molecule has 2 heterocycles. The lowest BCUT2D eigenvalue weighted by atomic mass is 10.2. The minimum absolute atomic E-state index is 0.442. The number of benzene rings is 1. The molecular formula is C12H14N4OS. The van der Waals surface area contributed by atoms with Crippen LogP contribution in [-0.2, 0) is 4.74 Å². The lowest BCUT2D eigenvalue weighted by Crippen LogP contribution is -2.18. The number of nitrogens with zero attached hydrogens (tertiary/aromatic N) is 2. The maximum Gasteiger partial charge on any atom is 0.188 e. The Bertz CT molecular complexity index is 479. The van der Waals surface area contributed by atoms with Gasteiger partial charge in [-0.2, -0.15) is 5.10 Å². The minimum atomic E-state index is 0.442. The molecule has 1 aliphatic rings. The molecule has 3 rings (SSSR count). The van der Waals surface area contributed by atoms with E-state index >= 15 is 0 Å². The van der Waals surface area contributed by atoms with E-state index in [1.807, 2.05) is 0 Å². The fourth-order valence-electron chi connectivity index (χ4n) is 1.86. The number of anilines is 1. The van der Waals surface area contributed by atoms with E-state index in [1.54, 1.807) is 11.8 Å². The number of rotatable bonds is 4. The highest BCUT2D eigenvalue weighted by Crippen LogP contribution is 2.25. The Labute approximate surface area is 109 Å². The number of nitrogens with one attached hydrogen (secondary N) is 2. The first kappa shape index (κ1) is 11.6. The van der Waals surface area contributed by atoms with Crippen molar-refractivity contribution in [1.82, 2.24) is 15.2 Å². The molecule has 0 aliphatic carbocycles. The average Bonchev–Trinajstić information content (AvgIpc) is 3.05. The van der Waals surface area contributed by atoms with Gasteiger partial charge in [0.05, 0.1) is 12.6 Å². The molecule has 2 N–H and O–H groups in total. The Hall–Kier alpha value is -1.53. The van der Waals surface area contributed by atoms with Crippen LogP contribution in [0.2, 0.25) is 0 Å². The summed E-state index contributed by atoms with van der Waals surface area (Å²) in [5, 5.41) is 10.9. The third kappa shape index (κ3) is 2.83. The average molecular weight is 262 g/mol. The number of H-pyrrole nitrogens is 1. The summed E-state index contributed by atoms with van der Waals surface area (Å²) in [5.41, 5.74) is 1.13. The number of hydrogen-bond acceptors (Lipinski definition) is 5. The van der Waals surface area contributed by atoms with Crippen LogP contribution in [0.4, 0.5) is 5.69 Å². The summed E-state index contributed by atoms with van der Waals surface area (Å²) in [5.74, 6) is 0. The van der Waals surface area contributed by atoms with E-state index in [1.165, 1.54) is 6.33 Å². The summed E-state index contributed by atoms with van der Waals surface area (Å²) in [7, 11) is 0. The number of aromatic amines is 1. The normalized spacial score (nSPS) is 19.0. The van der Waals surface area contributed by atoms with Crippen LogP contribution in [0, 0.1) is 0 Å². The highest BCUT2D eigenvalue weighted by atomic mass is 32.2. The highest BCUT2D eigenvalue weighted by molar-refractivity contribution is 7.99. The van der Waals surface area contributed by atoms with E-state index in [2.05, 4.69) is 44.8 Å². The van der Waals surface area contributed by atoms with Gasteiger partial charge in [-0.05, 0) is 30.7 Å². The van der Waals surface area contributed by atoms with E-state index < -0.39 is 0 Å². The molecule has 1 aliphatic heterocycles. The molecule has 1 saturated heterocycles. The van der Waals surface area contributed by atoms with Crippen LogP contribution in [0.5, 0.6) is 0 Å². The molecule has 1 aromatic heterocycles. The summed E-state index contributed by atoms with van der Waals surface area (Å²) < 4.78 is 5.34. The second-order valence-corrected chi connectivity index (χ2v) is 5.18. The monoisotopic (exact) mass is 262 g/mol. The SMILES string of the molecule is c1n[nH]c(Sc2ccc(NC3CCOC3)cc2)n1. The Morgan fingerprint density at radius 3 is 2.89 bits per heavy atom. The zero-order valence-electron chi connectivity index (χ0n) is 9.80. The van der Waals surface area contributed by atoms with Gasteiger partial charge in [-0.25, -0.2) is 4.98 Å². The molecule has 1 atom stereocenters. The van der Waals surface area contributed by atoms with Gasteiger partial charge in [-0.1, -0.05) is 11.8 Å². The topological polar surface area (TPSA) is 62.8 Å². The minimum Gasteiger partial charge on any atom is -0.380 e. The second-order valence-electron chi connectivity index (χ2n) is 4.12. The Morgan fingerprint density at radius 1 is 1.33 bits per heavy atom. The molecule has 1 unspecified atom stereocenters. The molecule has 94 valence electrons. The van der Waals surface area contributed by atoms with Crippen LogP contribution in [-0.4, -0.2) is 34.4 Å². The van der Waals surface area contributed by atoms with Crippen molar-refractivity contribution in [3.8, 4) is 0 Å². The first-order valence-electron chi connectivity index (χ1n) is 5.88. The van der Waals surface area contributed by atoms with Crippen molar-refractivity contribution in [2.45, 2.75) is 22.5 Å². The van der Waals surface area contributed by atoms with Gasteiger partial charge >= 0.3 is 0 Å². The quantitative estimate of drug-likeness (QED) is 0.884. The highest BCUT2D eigenvalue weighted by Gasteiger charge is 2.14. The van der Waals surface area contributed by atoms with Gasteiger partial charge in [-0.3, -0.25) is 5.10 Å². The zero-order valence-corrected chi connectivity index (χ0v) is 10.6. The fourth-order valence-corrected chi connectivity index (χ4v) is 2.55. The maximum absolute atomic E-state index is 5.34. The summed E-state index contributed by atoms with van der Waals surface area (Å²) in [6.45, 7) is 1.66. The molecule has 5 nitrogen and oxygen atoms in total. The van der Waals surface area contributed by atoms with Gasteiger partial charge in [0.2, 0.25) is 0 Å². The molecule has 18 heavy (non-hydrogen) atoms. The smallest absolute Gasteiger partial charge is 0.188 e. The van der Waals surface area contributed by atoms with Crippen LogP contribution < -0.4 is 5.32 Å². The molecule has 0 spiro atoms. The first-order chi connectivity index (χ1) is 8.90. The van der Waals surface area contributed by atoms with Crippen LogP contribution >= 0.6 is 11.8 Å². The van der Waals surface area contributed by atoms with Gasteiger partial charge in [0, 0.05) is 17.2 Å². The van der Waals surface area contributed by atoms with Crippen LogP contribution in [0.3, 0.4) is 0 Å². The van der Waals surface area contributed by atoms with E-state index in [9.17, 15) is 0 Å². The van der Waals surface area contributed by atoms with Gasteiger partial charge in [-0.15, -0.1) is 0 Å². The van der Waals surface area contributed by atoms with Crippen molar-refractivity contribution in [2.24, 2.45) is 0 Å². The van der Waals surface area contributed by atoms with E-state index in [-0.39, 0.29) is 0 Å². The number of hydrogen-bond donors (Lipinski definition) is 2. The Morgan fingerprint density at radius 2 is 2.22 bits per heavy atom. The lowest BCUT2D eigenvalue weighted by molar-refractivity contribution is 0.195. The molecule has 1 aromatic carbocycles. The van der Waals surface area contributed by atoms with Crippen LogP contribution in [0.25, 0.3) is 0 Å². The van der Waals surface area contributed by atoms with Crippen molar-refractivity contribution in [2.75, 3.05) is 18.5 Å². The molecule has 0 saturated carbocycles. The summed E-state index contributed by atoms with van der Waals surface area (Å²) in [6.07, 6.45) is 2.59. The molecular weight excluding hydrogens is 248 g/mol. The van der Waals surface area contributed by atoms with E-state index in [0.29, 0.717) is 6.04 Å². The fraction of sp³-hybridized carbons (Fsp3) is 0.333. The molecule has 0 radical (unpaired) electrons. The Kier molecular flexibility index (Phi) is 3.47. The number of aromatic nitrogens is 3. The summed E-state index contributed by atoms with van der Waals surface area (Å²) >= 11 is 1.56. The predicted molar refractivity (Wildman–Crippen MR) is 69.8 cm³/mol. The van der Waals surface area contributed by atoms with Crippen LogP contribution in [0.1, 0.15) is 6.42 Å². The van der Waals surface area contributed by atoms with Gasteiger partial charge in [0.15, 0.2) is 5.16 Å². The molecule has 0 amide bonds. The Balaban J connectivity index is 1.61. The summed E-state index contributed by atoms with van der Waals surface area (Å²) in [4.78, 5) is 5.22. The number of ether oxygens (including phenoxy) is 1. The van der Waals surface area contributed by atoms with Crippen molar-refractivity contribution in [3.63, 3.8) is 0 Å². The van der Waals surface area contributed by atoms with Gasteiger partial charge in [0.25, 0.3) is 0 Å². The molecule has 0 bridgehead atoms. The largest absolute Gasteiger partial charge is 0.380 e. The lowest BCUT2D eigenvalue weighted by Gasteiger charge is -2.12. The predicted octanol–water partition coefficient (Wildman–Crippen LogP) is 2.16. The van der Waals surface area contributed by atoms with Crippen molar-refractivity contribution in [1.29, 1.82) is 0 Å². The molecule has 2 aromatic rings. The van der Waals surface area contributed by atoms with Crippen molar-refractivity contribution < 1.29 is 4.74 Å². The van der Waals surface area contributed by atoms with Gasteiger partial charge < -0.3 is 10.1 Å².